The Hall–Kier alpha value is -2.13. The third-order valence-electron chi connectivity index (χ3n) is 2.49. The van der Waals surface area contributed by atoms with Crippen LogP contribution in [0.4, 0.5) is 0 Å². The lowest BCUT2D eigenvalue weighted by Gasteiger charge is -2.00. The molecule has 2 rings (SSSR count). The molecule has 106 valence electrons. The lowest BCUT2D eigenvalue weighted by Crippen LogP contribution is -2.40. The molecule has 0 aliphatic carbocycles. The number of rotatable bonds is 4. The van der Waals surface area contributed by atoms with Gasteiger partial charge in [0.2, 0.25) is 0 Å². The summed E-state index contributed by atoms with van der Waals surface area (Å²) in [6, 6.07) is 3.03. The zero-order valence-corrected chi connectivity index (χ0v) is 11.5. The molecular formula is C11H13N4O4S+. The smallest absolute Gasteiger partial charge is 0.271 e. The number of aryl methyl sites for hydroxylation is 2. The summed E-state index contributed by atoms with van der Waals surface area (Å²) in [4.78, 5) is 18.1. The number of aromatic nitrogens is 4. The Kier molecular flexibility index (Phi) is 3.91. The zero-order valence-electron chi connectivity index (χ0n) is 10.6. The molecule has 9 heteroatoms. The van der Waals surface area contributed by atoms with Gasteiger partial charge in [-0.05, 0) is 12.0 Å². The van der Waals surface area contributed by atoms with E-state index in [1.165, 1.54) is 16.9 Å². The molecule has 2 heterocycles. The predicted octanol–water partition coefficient (Wildman–Crippen LogP) is -0.684. The first-order chi connectivity index (χ1) is 9.33. The average molecular weight is 297 g/mol. The minimum atomic E-state index is -4.02. The molecule has 0 aliphatic heterocycles. The number of hydrogen-bond donors (Lipinski definition) is 2. The molecule has 0 aliphatic rings. The molecule has 0 spiro atoms. The molecule has 2 aromatic heterocycles. The maximum absolute atomic E-state index is 11.3. The summed E-state index contributed by atoms with van der Waals surface area (Å²) in [5.74, 6) is -0.0202. The summed E-state index contributed by atoms with van der Waals surface area (Å²) < 4.78 is 31.3. The monoisotopic (exact) mass is 297 g/mol. The van der Waals surface area contributed by atoms with Crippen molar-refractivity contribution >= 4 is 10.1 Å². The highest BCUT2D eigenvalue weighted by atomic mass is 32.2. The molecule has 20 heavy (non-hydrogen) atoms. The molecule has 0 saturated heterocycles. The Labute approximate surface area is 114 Å². The predicted molar refractivity (Wildman–Crippen MR) is 69.4 cm³/mol. The van der Waals surface area contributed by atoms with Gasteiger partial charge in [0, 0.05) is 23.4 Å². The molecule has 0 amide bonds. The quantitative estimate of drug-likeness (QED) is 0.570. The van der Waals surface area contributed by atoms with Gasteiger partial charge in [-0.25, -0.2) is 4.98 Å². The Morgan fingerprint density at radius 2 is 2.20 bits per heavy atom. The standard InChI is InChI=1S/C11H12N4O4S/c1-8-6-10(16)14-11(13-8)9-2-3-15(12-7-9)4-5-20(17,18)19/h2-3,6-7H,4-5H2,1H3,(H-,13,14,16,17,18,19)/p+1. The lowest BCUT2D eigenvalue weighted by molar-refractivity contribution is -0.750. The third kappa shape index (κ3) is 3.93. The SMILES string of the molecule is Cc1cc(=O)[nH]c(-c2cc[n+](CCS(=O)(=O)O)nc2)n1. The second kappa shape index (κ2) is 5.47. The Morgan fingerprint density at radius 1 is 1.45 bits per heavy atom. The van der Waals surface area contributed by atoms with Crippen molar-refractivity contribution in [3.63, 3.8) is 0 Å². The van der Waals surface area contributed by atoms with Crippen molar-refractivity contribution in [2.45, 2.75) is 13.5 Å². The molecule has 8 nitrogen and oxygen atoms in total. The molecule has 0 fully saturated rings. The summed E-state index contributed by atoms with van der Waals surface area (Å²) in [5, 5.41) is 4.00. The van der Waals surface area contributed by atoms with Crippen LogP contribution < -0.4 is 10.2 Å². The Bertz CT molecular complexity index is 768. The van der Waals surface area contributed by atoms with Gasteiger partial charge in [0.15, 0.2) is 12.7 Å². The highest BCUT2D eigenvalue weighted by molar-refractivity contribution is 7.85. The van der Waals surface area contributed by atoms with E-state index in [1.807, 2.05) is 0 Å². The topological polar surface area (TPSA) is 117 Å². The fourth-order valence-electron chi connectivity index (χ4n) is 1.58. The molecule has 0 aromatic carbocycles. The van der Waals surface area contributed by atoms with Crippen LogP contribution in [-0.2, 0) is 16.7 Å². The van der Waals surface area contributed by atoms with Crippen LogP contribution in [-0.4, -0.2) is 33.8 Å². The molecule has 0 bridgehead atoms. The summed E-state index contributed by atoms with van der Waals surface area (Å²) in [6.07, 6.45) is 3.00. The minimum Gasteiger partial charge on any atom is -0.306 e. The van der Waals surface area contributed by atoms with Crippen molar-refractivity contribution in [1.29, 1.82) is 0 Å². The van der Waals surface area contributed by atoms with Crippen LogP contribution in [0.25, 0.3) is 11.4 Å². The first kappa shape index (κ1) is 14.3. The Balaban J connectivity index is 2.21. The maximum atomic E-state index is 11.3. The normalized spacial score (nSPS) is 11.5. The number of nitrogens with one attached hydrogen (secondary N) is 1. The van der Waals surface area contributed by atoms with E-state index in [0.717, 1.165) is 0 Å². The number of H-pyrrole nitrogens is 1. The van der Waals surface area contributed by atoms with Gasteiger partial charge in [-0.3, -0.25) is 9.35 Å². The van der Waals surface area contributed by atoms with E-state index in [-0.39, 0.29) is 12.1 Å². The van der Waals surface area contributed by atoms with Crippen LogP contribution in [0, 0.1) is 6.92 Å². The van der Waals surface area contributed by atoms with E-state index in [1.54, 1.807) is 19.2 Å². The molecule has 0 unspecified atom stereocenters. The molecule has 0 atom stereocenters. The van der Waals surface area contributed by atoms with E-state index >= 15 is 0 Å². The number of hydrogen-bond acceptors (Lipinski definition) is 5. The molecule has 2 aromatic rings. The summed E-state index contributed by atoms with van der Waals surface area (Å²) in [5.41, 5.74) is 0.941. The van der Waals surface area contributed by atoms with E-state index in [9.17, 15) is 13.2 Å². The molecule has 0 radical (unpaired) electrons. The second-order valence-corrected chi connectivity index (χ2v) is 5.77. The van der Waals surface area contributed by atoms with Crippen LogP contribution in [0.5, 0.6) is 0 Å². The van der Waals surface area contributed by atoms with Crippen molar-refractivity contribution in [1.82, 2.24) is 15.1 Å². The van der Waals surface area contributed by atoms with Crippen molar-refractivity contribution in [3.05, 3.63) is 40.6 Å². The largest absolute Gasteiger partial charge is 0.306 e. The van der Waals surface area contributed by atoms with E-state index in [0.29, 0.717) is 17.1 Å². The molecule has 2 N–H and O–H groups in total. The van der Waals surface area contributed by atoms with Gasteiger partial charge < -0.3 is 4.98 Å². The van der Waals surface area contributed by atoms with Gasteiger partial charge in [-0.2, -0.15) is 8.42 Å². The van der Waals surface area contributed by atoms with E-state index in [4.69, 9.17) is 4.55 Å². The van der Waals surface area contributed by atoms with Crippen molar-refractivity contribution < 1.29 is 17.7 Å². The third-order valence-corrected chi connectivity index (χ3v) is 3.19. The summed E-state index contributed by atoms with van der Waals surface area (Å²) >= 11 is 0. The number of nitrogens with zero attached hydrogens (tertiary/aromatic N) is 3. The first-order valence-corrected chi connectivity index (χ1v) is 7.34. The van der Waals surface area contributed by atoms with Crippen molar-refractivity contribution in [2.24, 2.45) is 0 Å². The summed E-state index contributed by atoms with van der Waals surface area (Å²) in [6.45, 7) is 1.75. The van der Waals surface area contributed by atoms with Gasteiger partial charge in [-0.15, -0.1) is 0 Å². The Morgan fingerprint density at radius 3 is 2.75 bits per heavy atom. The average Bonchev–Trinajstić information content (AvgIpc) is 2.35. The van der Waals surface area contributed by atoms with Crippen LogP contribution >= 0.6 is 0 Å². The van der Waals surface area contributed by atoms with Gasteiger partial charge in [0.1, 0.15) is 17.8 Å². The first-order valence-electron chi connectivity index (χ1n) is 5.73. The molecular weight excluding hydrogens is 284 g/mol. The summed E-state index contributed by atoms with van der Waals surface area (Å²) in [7, 11) is -4.02. The van der Waals surface area contributed by atoms with Crippen LogP contribution in [0.1, 0.15) is 5.69 Å². The van der Waals surface area contributed by atoms with E-state index < -0.39 is 15.9 Å². The van der Waals surface area contributed by atoms with Crippen molar-refractivity contribution in [2.75, 3.05) is 5.75 Å². The van der Waals surface area contributed by atoms with Crippen LogP contribution in [0.2, 0.25) is 0 Å². The van der Waals surface area contributed by atoms with Crippen LogP contribution in [0.15, 0.2) is 29.3 Å². The van der Waals surface area contributed by atoms with Gasteiger partial charge in [0.05, 0.1) is 0 Å². The fraction of sp³-hybridized carbons (Fsp3) is 0.273. The van der Waals surface area contributed by atoms with Gasteiger partial charge in [0.25, 0.3) is 15.7 Å². The minimum absolute atomic E-state index is 0.0386. The van der Waals surface area contributed by atoms with Gasteiger partial charge >= 0.3 is 0 Å². The molecule has 0 saturated carbocycles. The fourth-order valence-corrected chi connectivity index (χ4v) is 2.00. The highest BCUT2D eigenvalue weighted by Crippen LogP contribution is 2.09. The second-order valence-electron chi connectivity index (χ2n) is 4.20. The highest BCUT2D eigenvalue weighted by Gasteiger charge is 2.12. The number of aromatic amines is 1. The van der Waals surface area contributed by atoms with E-state index in [2.05, 4.69) is 15.1 Å². The van der Waals surface area contributed by atoms with Crippen LogP contribution in [0.3, 0.4) is 0 Å². The van der Waals surface area contributed by atoms with Gasteiger partial charge in [-0.1, -0.05) is 4.68 Å². The maximum Gasteiger partial charge on any atom is 0.271 e. The van der Waals surface area contributed by atoms with Crippen molar-refractivity contribution in [3.8, 4) is 11.4 Å². The zero-order chi connectivity index (χ0) is 14.8. The lowest BCUT2D eigenvalue weighted by atomic mass is 10.3.